The molecule has 49 heavy (non-hydrogen) atoms. The Morgan fingerprint density at radius 2 is 1.00 bits per heavy atom. The third kappa shape index (κ3) is 4.51. The first-order chi connectivity index (χ1) is 26.4. The Bertz CT molecular complexity index is 3080. The zero-order valence-electron chi connectivity index (χ0n) is 31.1. The summed E-state index contributed by atoms with van der Waals surface area (Å²) in [6.07, 6.45) is 0. The van der Waals surface area contributed by atoms with Gasteiger partial charge in [0.05, 0.1) is 6.85 Å². The molecule has 0 aliphatic heterocycles. The van der Waals surface area contributed by atoms with Crippen LogP contribution in [0.2, 0.25) is 0 Å². The maximum absolute atomic E-state index is 8.69. The Morgan fingerprint density at radius 1 is 0.388 bits per heavy atom. The van der Waals surface area contributed by atoms with E-state index in [1.807, 2.05) is 78.9 Å². The molecule has 3 heteroatoms. The van der Waals surface area contributed by atoms with E-state index in [4.69, 9.17) is 15.7 Å². The number of rotatable bonds is 5. The van der Waals surface area contributed by atoms with Crippen molar-refractivity contribution < 1.29 is 15.7 Å². The Morgan fingerprint density at radius 3 is 1.84 bits per heavy atom. The van der Waals surface area contributed by atoms with E-state index < -0.39 is 6.04 Å². The molecule has 0 atom stereocenters. The van der Waals surface area contributed by atoms with Crippen molar-refractivity contribution in [3.63, 3.8) is 0 Å². The van der Waals surface area contributed by atoms with E-state index in [1.54, 1.807) is 0 Å². The molecule has 2 heterocycles. The van der Waals surface area contributed by atoms with E-state index in [-0.39, 0.29) is 29.7 Å². The topological polar surface area (TPSA) is 29.5 Å². The fraction of sp³-hybridized carbons (Fsp3) is 0. The number of nitrogens with zero attached hydrogens (tertiary/aromatic N) is 1. The van der Waals surface area contributed by atoms with Crippen molar-refractivity contribution in [3.8, 4) is 22.3 Å². The molecule has 0 spiro atoms. The molecule has 0 radical (unpaired) electrons. The lowest BCUT2D eigenvalue weighted by atomic mass is 9.95. The van der Waals surface area contributed by atoms with Gasteiger partial charge in [0.25, 0.3) is 0 Å². The van der Waals surface area contributed by atoms with Crippen LogP contribution in [-0.4, -0.2) is 0 Å². The molecule has 8 aromatic carbocycles. The number of para-hydroxylation sites is 2. The van der Waals surface area contributed by atoms with Gasteiger partial charge < -0.3 is 13.7 Å². The predicted molar refractivity (Wildman–Crippen MR) is 204 cm³/mol. The molecular weight excluding hydrogens is 599 g/mol. The van der Waals surface area contributed by atoms with Crippen molar-refractivity contribution in [2.75, 3.05) is 4.90 Å². The molecule has 0 bridgehead atoms. The second-order valence-corrected chi connectivity index (χ2v) is 12.2. The van der Waals surface area contributed by atoms with Crippen LogP contribution < -0.4 is 4.90 Å². The fourth-order valence-electron chi connectivity index (χ4n) is 7.05. The summed E-state index contributed by atoms with van der Waals surface area (Å²) in [7, 11) is 0. The highest BCUT2D eigenvalue weighted by atomic mass is 16.3. The number of hydrogen-bond acceptors (Lipinski definition) is 3. The molecule has 3 nitrogen and oxygen atoms in total. The smallest absolute Gasteiger partial charge is 0.143 e. The summed E-state index contributed by atoms with van der Waals surface area (Å²) < 4.78 is 54.9. The summed E-state index contributed by atoms with van der Waals surface area (Å²) in [6, 6.07) is 47.3. The molecule has 10 aromatic rings. The van der Waals surface area contributed by atoms with Crippen molar-refractivity contribution in [2.24, 2.45) is 0 Å². The zero-order chi connectivity index (χ0) is 36.7. The van der Waals surface area contributed by atoms with Gasteiger partial charge in [0.1, 0.15) is 22.3 Å². The van der Waals surface area contributed by atoms with Gasteiger partial charge in [-0.1, -0.05) is 109 Å². The van der Waals surface area contributed by atoms with Crippen molar-refractivity contribution >= 4 is 71.7 Å². The molecule has 0 fully saturated rings. The van der Waals surface area contributed by atoms with E-state index in [0.717, 1.165) is 71.7 Å². The Labute approximate surface area is 289 Å². The Kier molecular flexibility index (Phi) is 5.13. The number of furan rings is 2. The van der Waals surface area contributed by atoms with Gasteiger partial charge in [-0.2, -0.15) is 0 Å². The van der Waals surface area contributed by atoms with Gasteiger partial charge in [-0.05, 0) is 88.3 Å². The highest BCUT2D eigenvalue weighted by Crippen LogP contribution is 2.42. The third-order valence-electron chi connectivity index (χ3n) is 9.34. The van der Waals surface area contributed by atoms with E-state index in [1.165, 1.54) is 0 Å². The molecule has 0 saturated heterocycles. The van der Waals surface area contributed by atoms with Gasteiger partial charge in [0.2, 0.25) is 0 Å². The van der Waals surface area contributed by atoms with Gasteiger partial charge in [-0.3, -0.25) is 0 Å². The first kappa shape index (κ1) is 22.9. The van der Waals surface area contributed by atoms with E-state index in [2.05, 4.69) is 71.6 Å². The molecule has 0 aliphatic carbocycles. The molecule has 0 N–H and O–H groups in total. The minimum absolute atomic E-state index is 0.173. The monoisotopic (exact) mass is 632 g/mol. The second kappa shape index (κ2) is 11.0. The minimum Gasteiger partial charge on any atom is -0.456 e. The van der Waals surface area contributed by atoms with Crippen LogP contribution >= 0.6 is 0 Å². The summed E-state index contributed by atoms with van der Waals surface area (Å²) in [5.41, 5.74) is 8.83. The summed E-state index contributed by atoms with van der Waals surface area (Å²) >= 11 is 0. The highest BCUT2D eigenvalue weighted by molar-refractivity contribution is 6.19. The van der Waals surface area contributed by atoms with Gasteiger partial charge >= 0.3 is 0 Å². The van der Waals surface area contributed by atoms with Crippen molar-refractivity contribution in [1.29, 1.82) is 0 Å². The van der Waals surface area contributed by atoms with Crippen molar-refractivity contribution in [1.82, 2.24) is 0 Å². The second-order valence-electron chi connectivity index (χ2n) is 12.2. The average molecular weight is 633 g/mol. The highest BCUT2D eigenvalue weighted by Gasteiger charge is 2.17. The quantitative estimate of drug-likeness (QED) is 0.189. The largest absolute Gasteiger partial charge is 0.456 e. The average Bonchev–Trinajstić information content (AvgIpc) is 3.78. The van der Waals surface area contributed by atoms with Crippen molar-refractivity contribution in [3.05, 3.63) is 176 Å². The molecule has 10 rings (SSSR count). The SMILES string of the molecule is [2H]c1c([2H])c([2H])c(-c2cc3c4ccc(-c5ccc(N(c6ccccc6)c6ccc7c(c6)oc6ccccc67)cc5)cc4oc3c3ccccc23)c([2H])c1[2H]. The summed E-state index contributed by atoms with van der Waals surface area (Å²) in [5.74, 6) is 0. The van der Waals surface area contributed by atoms with E-state index >= 15 is 0 Å². The lowest BCUT2D eigenvalue weighted by Crippen LogP contribution is -2.09. The normalized spacial score (nSPS) is 13.1. The number of hydrogen-bond donors (Lipinski definition) is 0. The Balaban J connectivity index is 1.07. The lowest BCUT2D eigenvalue weighted by molar-refractivity contribution is 0.669. The van der Waals surface area contributed by atoms with Crippen LogP contribution in [0, 0.1) is 0 Å². The number of benzene rings is 8. The standard InChI is InChI=1S/C46H29NO2/c1-3-11-31(12-4-1)41-29-42-39-25-21-32(27-44(39)49-46(42)40-17-8-7-15-36(40)41)30-19-22-34(23-20-30)47(33-13-5-2-6-14-33)35-24-26-38-37-16-9-10-18-43(37)48-45(38)28-35/h1-29H/i1D,3D,4D,11D,12D. The molecular formula is C46H29NO2. The van der Waals surface area contributed by atoms with Crippen LogP contribution in [0.3, 0.4) is 0 Å². The maximum Gasteiger partial charge on any atom is 0.143 e. The van der Waals surface area contributed by atoms with Gasteiger partial charge in [0, 0.05) is 50.1 Å². The van der Waals surface area contributed by atoms with Crippen LogP contribution in [0.5, 0.6) is 0 Å². The third-order valence-corrected chi connectivity index (χ3v) is 9.34. The first-order valence-electron chi connectivity index (χ1n) is 18.7. The molecule has 230 valence electrons. The maximum atomic E-state index is 8.69. The molecule has 0 amide bonds. The molecule has 0 saturated carbocycles. The van der Waals surface area contributed by atoms with Crippen LogP contribution in [0.25, 0.3) is 76.9 Å². The number of anilines is 3. The van der Waals surface area contributed by atoms with Crippen molar-refractivity contribution in [2.45, 2.75) is 0 Å². The zero-order valence-corrected chi connectivity index (χ0v) is 26.1. The van der Waals surface area contributed by atoms with Gasteiger partial charge in [0.15, 0.2) is 0 Å². The lowest BCUT2D eigenvalue weighted by Gasteiger charge is -2.25. The van der Waals surface area contributed by atoms with Crippen LogP contribution in [-0.2, 0) is 0 Å². The fourth-order valence-corrected chi connectivity index (χ4v) is 7.05. The van der Waals surface area contributed by atoms with Crippen LogP contribution in [0.15, 0.2) is 185 Å². The minimum atomic E-state index is -0.412. The molecule has 2 aromatic heterocycles. The number of fused-ring (bicyclic) bond motifs is 8. The summed E-state index contributed by atoms with van der Waals surface area (Å²) in [5, 5.41) is 5.42. The van der Waals surface area contributed by atoms with E-state index in [9.17, 15) is 0 Å². The van der Waals surface area contributed by atoms with Gasteiger partial charge in [-0.25, -0.2) is 0 Å². The van der Waals surface area contributed by atoms with Crippen LogP contribution in [0.4, 0.5) is 17.1 Å². The van der Waals surface area contributed by atoms with Crippen LogP contribution in [0.1, 0.15) is 6.85 Å². The van der Waals surface area contributed by atoms with E-state index in [0.29, 0.717) is 16.7 Å². The molecule has 0 aliphatic rings. The first-order valence-corrected chi connectivity index (χ1v) is 16.2. The summed E-state index contributed by atoms with van der Waals surface area (Å²) in [6.45, 7) is 0. The molecule has 0 unspecified atom stereocenters. The van der Waals surface area contributed by atoms with Gasteiger partial charge in [-0.15, -0.1) is 0 Å². The predicted octanol–water partition coefficient (Wildman–Crippen LogP) is 13.4. The Hall–Kier alpha value is -6.58. The summed E-state index contributed by atoms with van der Waals surface area (Å²) in [4.78, 5) is 2.22.